The molecule has 0 spiro atoms. The van der Waals surface area contributed by atoms with E-state index in [-0.39, 0.29) is 17.9 Å². The third-order valence-electron chi connectivity index (χ3n) is 14.4. The number of benzene rings is 9. The first kappa shape index (κ1) is 38.0. The number of para-hydroxylation sites is 2. The Kier molecular flexibility index (Phi) is 8.41. The molecule has 9 aromatic carbocycles. The predicted octanol–water partition coefficient (Wildman–Crippen LogP) is 17.9. The molecule has 0 N–H and O–H groups in total. The standard InChI is InChI=1S/C61H42N2OS2/c1-35-29-30-40(42-21-13-27-55-58(42)44-19-7-11-25-53(44)65-55)36(2)61(46-22-14-28-56-59(46)45-20-8-12-26-54(45)66-56)62-60(35)48-33-39(34-52-57(48)43-18-6-10-24-51(43)64-52)63-49-23-9-5-17-41(49)47-31-37-15-3-4-16-38(37)32-50(47)63/h3-28,30-36,61H,29H2,1-2H3/b40-30-,62-60+. The van der Waals surface area contributed by atoms with Crippen LogP contribution in [0.2, 0.25) is 0 Å². The first-order chi connectivity index (χ1) is 32.6. The number of furan rings is 1. The Morgan fingerprint density at radius 3 is 1.94 bits per heavy atom. The van der Waals surface area contributed by atoms with Crippen molar-refractivity contribution in [1.82, 2.24) is 4.57 Å². The van der Waals surface area contributed by atoms with E-state index in [2.05, 4.69) is 206 Å². The van der Waals surface area contributed by atoms with Crippen molar-refractivity contribution < 1.29 is 4.42 Å². The lowest BCUT2D eigenvalue weighted by Gasteiger charge is -2.30. The summed E-state index contributed by atoms with van der Waals surface area (Å²) in [6.07, 6.45) is 3.41. The Morgan fingerprint density at radius 2 is 1.14 bits per heavy atom. The molecule has 0 aliphatic carbocycles. The molecule has 3 unspecified atom stereocenters. The second-order valence-corrected chi connectivity index (χ2v) is 20.3. The van der Waals surface area contributed by atoms with Gasteiger partial charge in [0.05, 0.1) is 22.8 Å². The minimum absolute atomic E-state index is 0.0476. The van der Waals surface area contributed by atoms with Crippen molar-refractivity contribution in [2.45, 2.75) is 26.3 Å². The minimum Gasteiger partial charge on any atom is -0.456 e. The van der Waals surface area contributed by atoms with E-state index in [1.165, 1.54) is 89.6 Å². The molecule has 0 amide bonds. The van der Waals surface area contributed by atoms with E-state index in [1.807, 2.05) is 22.7 Å². The summed E-state index contributed by atoms with van der Waals surface area (Å²) >= 11 is 3.77. The van der Waals surface area contributed by atoms with Crippen molar-refractivity contribution in [3.8, 4) is 5.69 Å². The van der Waals surface area contributed by atoms with Crippen LogP contribution in [0, 0.1) is 11.8 Å². The zero-order valence-electron chi connectivity index (χ0n) is 36.5. The fourth-order valence-corrected chi connectivity index (χ4v) is 13.6. The Balaban J connectivity index is 1.06. The van der Waals surface area contributed by atoms with Crippen LogP contribution in [0.3, 0.4) is 0 Å². The maximum absolute atomic E-state index is 6.90. The molecule has 0 radical (unpaired) electrons. The normalized spacial score (nSPS) is 18.8. The van der Waals surface area contributed by atoms with Gasteiger partial charge in [0.15, 0.2) is 0 Å². The summed E-state index contributed by atoms with van der Waals surface area (Å²) in [5.74, 6) is 0.132. The molecule has 1 aliphatic rings. The smallest absolute Gasteiger partial charge is 0.138 e. The van der Waals surface area contributed by atoms with E-state index < -0.39 is 0 Å². The van der Waals surface area contributed by atoms with Gasteiger partial charge < -0.3 is 8.98 Å². The Bertz CT molecular complexity index is 4210. The number of hydrogen-bond acceptors (Lipinski definition) is 4. The highest BCUT2D eigenvalue weighted by Gasteiger charge is 2.32. The molecular weight excluding hydrogens is 841 g/mol. The van der Waals surface area contributed by atoms with Crippen molar-refractivity contribution >= 4 is 129 Å². The van der Waals surface area contributed by atoms with Crippen molar-refractivity contribution in [3.05, 3.63) is 205 Å². The largest absolute Gasteiger partial charge is 0.456 e. The summed E-state index contributed by atoms with van der Waals surface area (Å²) < 4.78 is 14.6. The van der Waals surface area contributed by atoms with E-state index in [0.29, 0.717) is 0 Å². The first-order valence-corrected chi connectivity index (χ1v) is 24.7. The summed E-state index contributed by atoms with van der Waals surface area (Å²) in [5, 5.41) is 12.5. The highest BCUT2D eigenvalue weighted by molar-refractivity contribution is 7.26. The number of aromatic nitrogens is 1. The number of thiophene rings is 2. The van der Waals surface area contributed by atoms with E-state index in [0.717, 1.165) is 45.3 Å². The third kappa shape index (κ3) is 5.63. The lowest BCUT2D eigenvalue weighted by molar-refractivity contribution is 0.573. The van der Waals surface area contributed by atoms with Gasteiger partial charge in [0.25, 0.3) is 0 Å². The molecule has 66 heavy (non-hydrogen) atoms. The molecule has 4 aromatic heterocycles. The fourth-order valence-electron chi connectivity index (χ4n) is 11.4. The van der Waals surface area contributed by atoms with Crippen LogP contribution in [0.1, 0.15) is 43.0 Å². The molecular formula is C61H42N2OS2. The molecule has 13 aromatic rings. The van der Waals surface area contributed by atoms with Crippen molar-refractivity contribution in [3.63, 3.8) is 0 Å². The molecule has 14 rings (SSSR count). The maximum Gasteiger partial charge on any atom is 0.138 e. The molecule has 5 heterocycles. The summed E-state index contributed by atoms with van der Waals surface area (Å²) in [5.41, 5.74) is 11.4. The number of rotatable bonds is 4. The van der Waals surface area contributed by atoms with Crippen LogP contribution in [0.15, 0.2) is 197 Å². The van der Waals surface area contributed by atoms with Gasteiger partial charge in [-0.3, -0.25) is 4.99 Å². The predicted molar refractivity (Wildman–Crippen MR) is 284 cm³/mol. The molecule has 5 heteroatoms. The summed E-state index contributed by atoms with van der Waals surface area (Å²) in [6.45, 7) is 4.81. The van der Waals surface area contributed by atoms with Gasteiger partial charge in [0.2, 0.25) is 0 Å². The van der Waals surface area contributed by atoms with E-state index >= 15 is 0 Å². The van der Waals surface area contributed by atoms with Gasteiger partial charge in [-0.1, -0.05) is 141 Å². The lowest BCUT2D eigenvalue weighted by atomic mass is 9.79. The van der Waals surface area contributed by atoms with Gasteiger partial charge >= 0.3 is 0 Å². The molecule has 3 nitrogen and oxygen atoms in total. The van der Waals surface area contributed by atoms with Gasteiger partial charge in [-0.2, -0.15) is 0 Å². The van der Waals surface area contributed by atoms with Crippen LogP contribution < -0.4 is 0 Å². The molecule has 1 aliphatic heterocycles. The van der Waals surface area contributed by atoms with E-state index in [1.54, 1.807) is 0 Å². The van der Waals surface area contributed by atoms with Crippen LogP contribution in [0.5, 0.6) is 0 Å². The first-order valence-electron chi connectivity index (χ1n) is 23.0. The second kappa shape index (κ2) is 14.6. The average Bonchev–Trinajstić information content (AvgIpc) is 4.12. The van der Waals surface area contributed by atoms with Gasteiger partial charge in [0, 0.05) is 91.1 Å². The van der Waals surface area contributed by atoms with Gasteiger partial charge in [0.1, 0.15) is 11.2 Å². The minimum atomic E-state index is -0.188. The van der Waals surface area contributed by atoms with Crippen LogP contribution in [0.25, 0.3) is 106 Å². The van der Waals surface area contributed by atoms with E-state index in [4.69, 9.17) is 9.41 Å². The van der Waals surface area contributed by atoms with E-state index in [9.17, 15) is 0 Å². The number of aliphatic imine (C=N–C) groups is 1. The lowest BCUT2D eigenvalue weighted by Crippen LogP contribution is -2.21. The number of hydrogen-bond donors (Lipinski definition) is 0. The van der Waals surface area contributed by atoms with Gasteiger partial charge in [-0.05, 0) is 88.5 Å². The van der Waals surface area contributed by atoms with Crippen LogP contribution in [0.4, 0.5) is 0 Å². The highest BCUT2D eigenvalue weighted by atomic mass is 32.1. The quantitative estimate of drug-likeness (QED) is 0.173. The SMILES string of the molecule is CC1C/C=C(\c2cccc3sc4ccccc4c23)C(C)C(c2cccc3sc4ccccc4c23)/N=C\1c1cc(-n2c3ccccc3c3cc4ccccc4cc32)cc2oc3ccccc3c12. The zero-order valence-corrected chi connectivity index (χ0v) is 38.1. The molecule has 0 saturated carbocycles. The Hall–Kier alpha value is -7.31. The fraction of sp³-hybridized carbons (Fsp3) is 0.0984. The topological polar surface area (TPSA) is 30.4 Å². The molecule has 314 valence electrons. The molecule has 0 saturated heterocycles. The summed E-state index contributed by atoms with van der Waals surface area (Å²) in [6, 6.07) is 66.9. The molecule has 0 bridgehead atoms. The van der Waals surface area contributed by atoms with Crippen molar-refractivity contribution in [2.75, 3.05) is 0 Å². The van der Waals surface area contributed by atoms with Crippen molar-refractivity contribution in [2.24, 2.45) is 16.8 Å². The Morgan fingerprint density at radius 1 is 0.500 bits per heavy atom. The van der Waals surface area contributed by atoms with Crippen LogP contribution in [-0.2, 0) is 0 Å². The van der Waals surface area contributed by atoms with Crippen LogP contribution >= 0.6 is 22.7 Å². The maximum atomic E-state index is 6.90. The summed E-state index contributed by atoms with van der Waals surface area (Å²) in [7, 11) is 0. The van der Waals surface area contributed by atoms with Crippen LogP contribution in [-0.4, -0.2) is 10.3 Å². The number of allylic oxidation sites excluding steroid dienone is 1. The van der Waals surface area contributed by atoms with Gasteiger partial charge in [-0.25, -0.2) is 0 Å². The number of nitrogens with zero attached hydrogens (tertiary/aromatic N) is 2. The molecule has 0 fully saturated rings. The Labute approximate surface area is 389 Å². The monoisotopic (exact) mass is 882 g/mol. The molecule has 3 atom stereocenters. The van der Waals surface area contributed by atoms with Gasteiger partial charge in [-0.15, -0.1) is 22.7 Å². The number of fused-ring (bicyclic) bond motifs is 13. The summed E-state index contributed by atoms with van der Waals surface area (Å²) in [4.78, 5) is 6.24. The van der Waals surface area contributed by atoms with Crippen molar-refractivity contribution in [1.29, 1.82) is 0 Å². The third-order valence-corrected chi connectivity index (χ3v) is 16.7. The second-order valence-electron chi connectivity index (χ2n) is 18.2. The average molecular weight is 883 g/mol. The zero-order chi connectivity index (χ0) is 43.6. The highest BCUT2D eigenvalue weighted by Crippen LogP contribution is 2.49.